The number of aliphatic carboxylic acids is 1. The third-order valence-corrected chi connectivity index (χ3v) is 6.81. The van der Waals surface area contributed by atoms with Crippen LogP contribution in [0.2, 0.25) is 0 Å². The number of hydrogen-bond acceptors (Lipinski definition) is 5. The zero-order valence-corrected chi connectivity index (χ0v) is 16.3. The molecule has 5 nitrogen and oxygen atoms in total. The highest BCUT2D eigenvalue weighted by molar-refractivity contribution is 8.16. The molecule has 138 valence electrons. The Labute approximate surface area is 157 Å². The minimum absolute atomic E-state index is 0.0206. The molecule has 0 saturated carbocycles. The number of nitrogens with one attached hydrogen (secondary N) is 1. The van der Waals surface area contributed by atoms with E-state index >= 15 is 0 Å². The summed E-state index contributed by atoms with van der Waals surface area (Å²) in [4.78, 5) is 22.6. The van der Waals surface area contributed by atoms with Crippen molar-refractivity contribution in [2.75, 3.05) is 18.1 Å². The first kappa shape index (κ1) is 20.0. The molecule has 0 spiro atoms. The lowest BCUT2D eigenvalue weighted by atomic mass is 9.98. The van der Waals surface area contributed by atoms with Crippen LogP contribution in [0, 0.1) is 0 Å². The molecule has 0 aromatic heterocycles. The number of carboxylic acids is 1. The number of carbonyl (C=O) groups excluding carboxylic acids is 1. The first-order valence-corrected chi connectivity index (χ1v) is 10.4. The fraction of sp³-hybridized carbons (Fsp3) is 0.556. The summed E-state index contributed by atoms with van der Waals surface area (Å²) < 4.78 is 6.03. The first-order chi connectivity index (χ1) is 11.9. The number of rotatable bonds is 8. The van der Waals surface area contributed by atoms with Gasteiger partial charge in [0.1, 0.15) is 5.75 Å². The van der Waals surface area contributed by atoms with Gasteiger partial charge in [-0.3, -0.25) is 9.59 Å². The first-order valence-electron chi connectivity index (χ1n) is 8.34. The maximum atomic E-state index is 12.0. The van der Waals surface area contributed by atoms with E-state index in [1.54, 1.807) is 0 Å². The Kier molecular flexibility index (Phi) is 7.50. The molecule has 0 bridgehead atoms. The predicted octanol–water partition coefficient (Wildman–Crippen LogP) is 3.69. The lowest BCUT2D eigenvalue weighted by molar-refractivity contribution is -0.138. The molecule has 0 atom stereocenters. The molecule has 1 heterocycles. The van der Waals surface area contributed by atoms with Crippen LogP contribution in [0.25, 0.3) is 0 Å². The maximum absolute atomic E-state index is 12.0. The van der Waals surface area contributed by atoms with E-state index in [0.29, 0.717) is 16.8 Å². The number of hydrogen-bond donors (Lipinski definition) is 2. The largest absolute Gasteiger partial charge is 0.484 e. The second-order valence-corrected chi connectivity index (χ2v) is 9.33. The fourth-order valence-electron chi connectivity index (χ4n) is 2.45. The summed E-state index contributed by atoms with van der Waals surface area (Å²) in [7, 11) is 0. The van der Waals surface area contributed by atoms with Crippen LogP contribution >= 0.6 is 23.5 Å². The van der Waals surface area contributed by atoms with Gasteiger partial charge in [0.15, 0.2) is 6.61 Å². The van der Waals surface area contributed by atoms with Gasteiger partial charge < -0.3 is 15.2 Å². The van der Waals surface area contributed by atoms with E-state index in [2.05, 4.69) is 17.4 Å². The van der Waals surface area contributed by atoms with Crippen LogP contribution in [-0.4, -0.2) is 40.6 Å². The standard InChI is InChI=1S/C18H25NO4S2/c1-18(2,9-8-16(21)22)19-15(20)12-23-14-6-4-13(5-7-14)17-24-10-3-11-25-17/h4-7,17H,3,8-12H2,1-2H3,(H,19,20)(H,21,22). The molecule has 7 heteroatoms. The van der Waals surface area contributed by atoms with Crippen molar-refractivity contribution >= 4 is 35.4 Å². The maximum Gasteiger partial charge on any atom is 0.303 e. The number of thioether (sulfide) groups is 2. The van der Waals surface area contributed by atoms with Gasteiger partial charge in [-0.05, 0) is 55.9 Å². The number of benzene rings is 1. The van der Waals surface area contributed by atoms with E-state index < -0.39 is 11.5 Å². The summed E-state index contributed by atoms with van der Waals surface area (Å²) in [5.41, 5.74) is 0.708. The van der Waals surface area contributed by atoms with Crippen LogP contribution in [0.5, 0.6) is 5.75 Å². The van der Waals surface area contributed by atoms with Gasteiger partial charge in [0.25, 0.3) is 5.91 Å². The predicted molar refractivity (Wildman–Crippen MR) is 103 cm³/mol. The molecule has 1 aromatic carbocycles. The van der Waals surface area contributed by atoms with Crippen LogP contribution in [0.15, 0.2) is 24.3 Å². The van der Waals surface area contributed by atoms with E-state index in [-0.39, 0.29) is 18.9 Å². The topological polar surface area (TPSA) is 75.6 Å². The quantitative estimate of drug-likeness (QED) is 0.713. The van der Waals surface area contributed by atoms with Gasteiger partial charge in [0.05, 0.1) is 4.58 Å². The molecule has 1 aliphatic heterocycles. The summed E-state index contributed by atoms with van der Waals surface area (Å²) in [6.45, 7) is 3.53. The van der Waals surface area contributed by atoms with E-state index in [0.717, 1.165) is 0 Å². The average molecular weight is 384 g/mol. The Bertz CT molecular complexity index is 583. The van der Waals surface area contributed by atoms with E-state index in [4.69, 9.17) is 9.84 Å². The molecule has 2 rings (SSSR count). The SMILES string of the molecule is CC(C)(CCC(=O)O)NC(=O)COc1ccc(C2SCCCS2)cc1. The Morgan fingerprint density at radius 3 is 2.48 bits per heavy atom. The summed E-state index contributed by atoms with van der Waals surface area (Å²) in [6.07, 6.45) is 1.66. The summed E-state index contributed by atoms with van der Waals surface area (Å²) >= 11 is 3.94. The molecule has 0 unspecified atom stereocenters. The molecule has 2 N–H and O–H groups in total. The van der Waals surface area contributed by atoms with Crippen molar-refractivity contribution < 1.29 is 19.4 Å². The smallest absolute Gasteiger partial charge is 0.303 e. The van der Waals surface area contributed by atoms with Gasteiger partial charge in [-0.15, -0.1) is 23.5 Å². The zero-order chi connectivity index (χ0) is 18.3. The van der Waals surface area contributed by atoms with Crippen molar-refractivity contribution in [1.29, 1.82) is 0 Å². The van der Waals surface area contributed by atoms with Gasteiger partial charge in [0, 0.05) is 12.0 Å². The molecule has 1 amide bonds. The van der Waals surface area contributed by atoms with Gasteiger partial charge in [-0.2, -0.15) is 0 Å². The highest BCUT2D eigenvalue weighted by Crippen LogP contribution is 2.43. The molecular formula is C18H25NO4S2. The Balaban J connectivity index is 1.78. The Morgan fingerprint density at radius 2 is 1.88 bits per heavy atom. The molecule has 0 radical (unpaired) electrons. The van der Waals surface area contributed by atoms with Crippen LogP contribution < -0.4 is 10.1 Å². The Hall–Kier alpha value is -1.34. The van der Waals surface area contributed by atoms with Crippen molar-refractivity contribution in [2.45, 2.75) is 43.2 Å². The van der Waals surface area contributed by atoms with Crippen molar-refractivity contribution in [3.63, 3.8) is 0 Å². The van der Waals surface area contributed by atoms with E-state index in [9.17, 15) is 9.59 Å². The van der Waals surface area contributed by atoms with Gasteiger partial charge in [-0.25, -0.2) is 0 Å². The van der Waals surface area contributed by atoms with Crippen molar-refractivity contribution in [3.05, 3.63) is 29.8 Å². The number of ether oxygens (including phenoxy) is 1. The van der Waals surface area contributed by atoms with Crippen LogP contribution in [0.4, 0.5) is 0 Å². The number of amides is 1. The minimum Gasteiger partial charge on any atom is -0.484 e. The Morgan fingerprint density at radius 1 is 1.24 bits per heavy atom. The van der Waals surface area contributed by atoms with Gasteiger partial charge in [0.2, 0.25) is 0 Å². The van der Waals surface area contributed by atoms with Gasteiger partial charge >= 0.3 is 5.97 Å². The molecule has 1 fully saturated rings. The van der Waals surface area contributed by atoms with Crippen molar-refractivity contribution in [3.8, 4) is 5.75 Å². The molecule has 1 aromatic rings. The third kappa shape index (κ3) is 7.20. The normalized spacial score (nSPS) is 15.6. The lowest BCUT2D eigenvalue weighted by Crippen LogP contribution is -2.45. The lowest BCUT2D eigenvalue weighted by Gasteiger charge is -2.25. The number of carbonyl (C=O) groups is 2. The van der Waals surface area contributed by atoms with E-state index in [1.807, 2.05) is 49.5 Å². The average Bonchev–Trinajstić information content (AvgIpc) is 2.59. The van der Waals surface area contributed by atoms with Crippen LogP contribution in [-0.2, 0) is 9.59 Å². The minimum atomic E-state index is -0.868. The second-order valence-electron chi connectivity index (χ2n) is 6.61. The molecular weight excluding hydrogens is 358 g/mol. The van der Waals surface area contributed by atoms with Crippen LogP contribution in [0.3, 0.4) is 0 Å². The molecule has 1 aliphatic rings. The van der Waals surface area contributed by atoms with Crippen molar-refractivity contribution in [2.24, 2.45) is 0 Å². The molecule has 1 saturated heterocycles. The summed E-state index contributed by atoms with van der Waals surface area (Å²) in [5, 5.41) is 11.6. The number of carboxylic acid groups (broad SMARTS) is 1. The van der Waals surface area contributed by atoms with Gasteiger partial charge in [-0.1, -0.05) is 12.1 Å². The molecule has 0 aliphatic carbocycles. The van der Waals surface area contributed by atoms with Crippen molar-refractivity contribution in [1.82, 2.24) is 5.32 Å². The monoisotopic (exact) mass is 383 g/mol. The second kappa shape index (κ2) is 9.38. The highest BCUT2D eigenvalue weighted by Gasteiger charge is 2.22. The van der Waals surface area contributed by atoms with E-state index in [1.165, 1.54) is 23.5 Å². The van der Waals surface area contributed by atoms with Crippen LogP contribution in [0.1, 0.15) is 43.3 Å². The summed E-state index contributed by atoms with van der Waals surface area (Å²) in [6, 6.07) is 7.90. The summed E-state index contributed by atoms with van der Waals surface area (Å²) in [5.74, 6) is 1.94. The fourth-order valence-corrected chi connectivity index (χ4v) is 5.34. The third-order valence-electron chi connectivity index (χ3n) is 3.79. The zero-order valence-electron chi connectivity index (χ0n) is 14.6. The molecule has 25 heavy (non-hydrogen) atoms. The highest BCUT2D eigenvalue weighted by atomic mass is 32.2.